The average Bonchev–Trinajstić information content (AvgIpc) is 3.34. The highest BCUT2D eigenvalue weighted by Gasteiger charge is 2.22. The predicted octanol–water partition coefficient (Wildman–Crippen LogP) is 4.56. The third-order valence-electron chi connectivity index (χ3n) is 4.93. The van der Waals surface area contributed by atoms with Crippen molar-refractivity contribution in [1.29, 1.82) is 0 Å². The first-order valence-electron chi connectivity index (χ1n) is 10.3. The maximum absolute atomic E-state index is 13.3. The molecular weight excluding hydrogens is 488 g/mol. The number of urea groups is 1. The summed E-state index contributed by atoms with van der Waals surface area (Å²) < 4.78 is 30.7. The van der Waals surface area contributed by atoms with Crippen molar-refractivity contribution in [2.75, 3.05) is 17.7 Å². The second-order valence-corrected chi connectivity index (χ2v) is 10.5. The number of hydrogen-bond acceptors (Lipinski definition) is 8. The molecule has 11 heteroatoms. The van der Waals surface area contributed by atoms with Crippen LogP contribution in [0.5, 0.6) is 5.75 Å². The van der Waals surface area contributed by atoms with E-state index in [4.69, 9.17) is 4.74 Å². The zero-order valence-corrected chi connectivity index (χ0v) is 20.3. The number of pyridine rings is 1. The fourth-order valence-corrected chi connectivity index (χ4v) is 5.64. The van der Waals surface area contributed by atoms with E-state index in [9.17, 15) is 18.0 Å². The van der Waals surface area contributed by atoms with Crippen molar-refractivity contribution in [1.82, 2.24) is 9.97 Å². The summed E-state index contributed by atoms with van der Waals surface area (Å²) in [5, 5.41) is 5.25. The topological polar surface area (TPSA) is 127 Å². The van der Waals surface area contributed by atoms with Crippen molar-refractivity contribution < 1.29 is 22.7 Å². The van der Waals surface area contributed by atoms with Gasteiger partial charge in [-0.05, 0) is 43.3 Å². The van der Waals surface area contributed by atoms with Gasteiger partial charge < -0.3 is 10.1 Å². The molecule has 0 aliphatic rings. The lowest BCUT2D eigenvalue weighted by molar-refractivity contribution is 0.103. The highest BCUT2D eigenvalue weighted by Crippen LogP contribution is 2.29. The van der Waals surface area contributed by atoms with Crippen LogP contribution in [0, 0.1) is 6.92 Å². The fraction of sp³-hybridized carbons (Fsp3) is 0.0833. The number of sulfone groups is 1. The molecule has 2 aromatic carbocycles. The van der Waals surface area contributed by atoms with Gasteiger partial charge in [0.1, 0.15) is 9.96 Å². The SMILES string of the molecule is COc1ccccc1C(=O)c1cc(C)ccc1NC(=O)Nc1ncc(S(=O)(=O)c2cccnc2)s1. The van der Waals surface area contributed by atoms with Crippen molar-refractivity contribution in [3.05, 3.63) is 89.9 Å². The van der Waals surface area contributed by atoms with Gasteiger partial charge >= 0.3 is 6.03 Å². The Bertz CT molecular complexity index is 1500. The molecule has 0 unspecified atom stereocenters. The molecule has 4 aromatic rings. The highest BCUT2D eigenvalue weighted by atomic mass is 32.2. The van der Waals surface area contributed by atoms with E-state index in [0.717, 1.165) is 16.9 Å². The van der Waals surface area contributed by atoms with Crippen LogP contribution in [0.3, 0.4) is 0 Å². The molecule has 0 aliphatic carbocycles. The number of hydrogen-bond donors (Lipinski definition) is 2. The Hall–Kier alpha value is -4.09. The van der Waals surface area contributed by atoms with Crippen molar-refractivity contribution in [2.24, 2.45) is 0 Å². The average molecular weight is 509 g/mol. The van der Waals surface area contributed by atoms with E-state index >= 15 is 0 Å². The Morgan fingerprint density at radius 3 is 2.51 bits per heavy atom. The molecule has 35 heavy (non-hydrogen) atoms. The van der Waals surface area contributed by atoms with Crippen LogP contribution in [-0.4, -0.2) is 37.3 Å². The summed E-state index contributed by atoms with van der Waals surface area (Å²) in [7, 11) is -2.33. The summed E-state index contributed by atoms with van der Waals surface area (Å²) >= 11 is 0.806. The van der Waals surface area contributed by atoms with Crippen molar-refractivity contribution in [3.63, 3.8) is 0 Å². The van der Waals surface area contributed by atoms with E-state index < -0.39 is 15.9 Å². The van der Waals surface area contributed by atoms with Crippen LogP contribution < -0.4 is 15.4 Å². The molecule has 0 atom stereocenters. The molecule has 2 amide bonds. The van der Waals surface area contributed by atoms with Gasteiger partial charge in [-0.15, -0.1) is 0 Å². The van der Waals surface area contributed by atoms with Crippen LogP contribution in [0.15, 0.2) is 82.3 Å². The Labute approximate surface area is 205 Å². The Balaban J connectivity index is 1.54. The van der Waals surface area contributed by atoms with Crippen LogP contribution in [0.4, 0.5) is 15.6 Å². The minimum atomic E-state index is -3.81. The molecule has 0 bridgehead atoms. The molecule has 4 rings (SSSR count). The number of rotatable bonds is 7. The number of thiazole rings is 1. The van der Waals surface area contributed by atoms with Crippen LogP contribution in [0.2, 0.25) is 0 Å². The number of aryl methyl sites for hydroxylation is 1. The minimum Gasteiger partial charge on any atom is -0.496 e. The molecule has 0 saturated heterocycles. The molecule has 178 valence electrons. The van der Waals surface area contributed by atoms with Gasteiger partial charge in [0.05, 0.1) is 29.5 Å². The van der Waals surface area contributed by atoms with Crippen LogP contribution in [0.25, 0.3) is 0 Å². The summed E-state index contributed by atoms with van der Waals surface area (Å²) in [5.74, 6) is 0.0973. The lowest BCUT2D eigenvalue weighted by Gasteiger charge is -2.13. The summed E-state index contributed by atoms with van der Waals surface area (Å²) in [5.41, 5.74) is 1.75. The van der Waals surface area contributed by atoms with Gasteiger partial charge in [-0.1, -0.05) is 35.1 Å². The summed E-state index contributed by atoms with van der Waals surface area (Å²) in [6.45, 7) is 1.84. The molecule has 0 fully saturated rings. The maximum atomic E-state index is 13.3. The quantitative estimate of drug-likeness (QED) is 0.350. The molecule has 0 radical (unpaired) electrons. The number of aromatic nitrogens is 2. The largest absolute Gasteiger partial charge is 0.496 e. The first-order valence-corrected chi connectivity index (χ1v) is 12.6. The number of benzene rings is 2. The molecule has 2 N–H and O–H groups in total. The number of ether oxygens (including phenoxy) is 1. The fourth-order valence-electron chi connectivity index (χ4n) is 3.25. The van der Waals surface area contributed by atoms with Crippen molar-refractivity contribution >= 4 is 43.8 Å². The van der Waals surface area contributed by atoms with E-state index in [1.807, 2.05) is 6.92 Å². The van der Waals surface area contributed by atoms with Gasteiger partial charge in [0.25, 0.3) is 0 Å². The van der Waals surface area contributed by atoms with Crippen LogP contribution >= 0.6 is 11.3 Å². The maximum Gasteiger partial charge on any atom is 0.325 e. The van der Waals surface area contributed by atoms with Gasteiger partial charge in [-0.25, -0.2) is 18.2 Å². The molecule has 2 aromatic heterocycles. The molecule has 9 nitrogen and oxygen atoms in total. The minimum absolute atomic E-state index is 0.0267. The molecule has 0 aliphatic heterocycles. The highest BCUT2D eigenvalue weighted by molar-refractivity contribution is 7.93. The number of para-hydroxylation sites is 1. The molecule has 0 spiro atoms. The number of nitrogens with one attached hydrogen (secondary N) is 2. The van der Waals surface area contributed by atoms with Crippen molar-refractivity contribution in [2.45, 2.75) is 16.0 Å². The molecule has 2 heterocycles. The van der Waals surface area contributed by atoms with Gasteiger partial charge in [0.15, 0.2) is 10.9 Å². The lowest BCUT2D eigenvalue weighted by atomic mass is 9.99. The number of nitrogens with zero attached hydrogens (tertiary/aromatic N) is 2. The number of ketones is 1. The second-order valence-electron chi connectivity index (χ2n) is 7.33. The molecule has 0 saturated carbocycles. The first-order chi connectivity index (χ1) is 16.8. The van der Waals surface area contributed by atoms with Gasteiger partial charge in [-0.2, -0.15) is 0 Å². The van der Waals surface area contributed by atoms with Gasteiger partial charge in [-0.3, -0.25) is 15.1 Å². The molecular formula is C24H20N4O5S2. The predicted molar refractivity (Wildman–Crippen MR) is 132 cm³/mol. The normalized spacial score (nSPS) is 11.0. The zero-order chi connectivity index (χ0) is 25.0. The second kappa shape index (κ2) is 10.0. The van der Waals surface area contributed by atoms with E-state index in [-0.39, 0.29) is 31.3 Å². The lowest BCUT2D eigenvalue weighted by Crippen LogP contribution is -2.21. The van der Waals surface area contributed by atoms with E-state index in [2.05, 4.69) is 20.6 Å². The Morgan fingerprint density at radius 2 is 1.77 bits per heavy atom. The summed E-state index contributed by atoms with van der Waals surface area (Å²) in [6, 6.07) is 14.1. The standard InChI is InChI=1S/C24H20N4O5S2/c1-15-9-10-19(18(12-15)22(29)17-7-3-4-8-20(17)33-2)27-23(30)28-24-26-14-21(34-24)35(31,32)16-6-5-11-25-13-16/h3-14H,1-2H3,(H2,26,27,28,30). The number of carbonyl (C=O) groups excluding carboxylic acids is 2. The Morgan fingerprint density at radius 1 is 0.971 bits per heavy atom. The monoisotopic (exact) mass is 508 g/mol. The van der Waals surface area contributed by atoms with E-state index in [0.29, 0.717) is 11.3 Å². The summed E-state index contributed by atoms with van der Waals surface area (Å²) in [4.78, 5) is 33.8. The third-order valence-corrected chi connectivity index (χ3v) is 8.05. The zero-order valence-electron chi connectivity index (χ0n) is 18.7. The number of amides is 2. The van der Waals surface area contributed by atoms with Crippen molar-refractivity contribution in [3.8, 4) is 5.75 Å². The number of carbonyl (C=O) groups is 2. The third kappa shape index (κ3) is 5.20. The number of anilines is 2. The Kier molecular flexibility index (Phi) is 6.90. The van der Waals surface area contributed by atoms with Crippen LogP contribution in [0.1, 0.15) is 21.5 Å². The number of methoxy groups -OCH3 is 1. The van der Waals surface area contributed by atoms with E-state index in [1.54, 1.807) is 42.5 Å². The van der Waals surface area contributed by atoms with Crippen LogP contribution in [-0.2, 0) is 9.84 Å². The van der Waals surface area contributed by atoms with E-state index in [1.165, 1.54) is 37.8 Å². The summed E-state index contributed by atoms with van der Waals surface area (Å²) in [6.07, 6.45) is 3.89. The van der Waals surface area contributed by atoms with Gasteiger partial charge in [0, 0.05) is 18.0 Å². The van der Waals surface area contributed by atoms with Gasteiger partial charge in [0.2, 0.25) is 9.84 Å². The first kappa shape index (κ1) is 24.0. The smallest absolute Gasteiger partial charge is 0.325 e.